The molecule has 1 aromatic carbocycles. The number of anilines is 1. The molecule has 2 N–H and O–H groups in total. The molecule has 0 unspecified atom stereocenters. The first-order chi connectivity index (χ1) is 10.9. The normalized spacial score (nSPS) is 10.0. The number of nitrogens with one attached hydrogen (secondary N) is 2. The lowest BCUT2D eigenvalue weighted by Gasteiger charge is -2.07. The second kappa shape index (κ2) is 6.99. The van der Waals surface area contributed by atoms with Gasteiger partial charge in [0.1, 0.15) is 17.6 Å². The fourth-order valence-corrected chi connectivity index (χ4v) is 2.17. The summed E-state index contributed by atoms with van der Waals surface area (Å²) < 4.78 is 5.27. The van der Waals surface area contributed by atoms with E-state index in [1.807, 2.05) is 6.07 Å². The van der Waals surface area contributed by atoms with E-state index >= 15 is 0 Å². The van der Waals surface area contributed by atoms with Crippen molar-refractivity contribution in [1.29, 1.82) is 5.26 Å². The first-order valence-corrected chi connectivity index (χ1v) is 7.13. The molecule has 0 atom stereocenters. The molecular weight excluding hydrogens is 318 g/mol. The van der Waals surface area contributed by atoms with E-state index in [9.17, 15) is 9.59 Å². The van der Waals surface area contributed by atoms with Gasteiger partial charge in [-0.2, -0.15) is 5.26 Å². The summed E-state index contributed by atoms with van der Waals surface area (Å²) in [5, 5.41) is 14.3. The SMILES string of the molecule is Cc1cc(C(=O)NCC(=O)Nc2ccc(Cl)c(C#N)c2)c(C)o1. The van der Waals surface area contributed by atoms with E-state index < -0.39 is 5.91 Å². The summed E-state index contributed by atoms with van der Waals surface area (Å²) in [5.41, 5.74) is 1.09. The minimum atomic E-state index is -0.414. The average molecular weight is 332 g/mol. The molecule has 23 heavy (non-hydrogen) atoms. The number of aryl methyl sites for hydroxylation is 2. The quantitative estimate of drug-likeness (QED) is 0.900. The predicted octanol–water partition coefficient (Wildman–Crippen LogP) is 2.79. The third-order valence-electron chi connectivity index (χ3n) is 3.07. The lowest BCUT2D eigenvalue weighted by molar-refractivity contribution is -0.115. The smallest absolute Gasteiger partial charge is 0.255 e. The molecule has 0 saturated heterocycles. The second-order valence-corrected chi connectivity index (χ2v) is 5.27. The average Bonchev–Trinajstić information content (AvgIpc) is 2.85. The van der Waals surface area contributed by atoms with Crippen molar-refractivity contribution in [3.05, 3.63) is 51.9 Å². The van der Waals surface area contributed by atoms with E-state index in [1.54, 1.807) is 26.0 Å². The van der Waals surface area contributed by atoms with Crippen LogP contribution in [0.1, 0.15) is 27.4 Å². The van der Waals surface area contributed by atoms with Gasteiger partial charge in [0.15, 0.2) is 0 Å². The largest absolute Gasteiger partial charge is 0.466 e. The molecule has 2 rings (SSSR count). The maximum absolute atomic E-state index is 12.0. The summed E-state index contributed by atoms with van der Waals surface area (Å²) in [4.78, 5) is 23.8. The van der Waals surface area contributed by atoms with Crippen LogP contribution in [-0.2, 0) is 4.79 Å². The van der Waals surface area contributed by atoms with Crippen molar-refractivity contribution in [3.63, 3.8) is 0 Å². The topological polar surface area (TPSA) is 95.1 Å². The van der Waals surface area contributed by atoms with Crippen molar-refractivity contribution in [3.8, 4) is 6.07 Å². The number of nitriles is 1. The Morgan fingerprint density at radius 2 is 2.04 bits per heavy atom. The number of amides is 2. The number of carbonyl (C=O) groups excluding carboxylic acids is 2. The first kappa shape index (κ1) is 16.6. The van der Waals surface area contributed by atoms with Crippen molar-refractivity contribution in [2.24, 2.45) is 0 Å². The van der Waals surface area contributed by atoms with Crippen LogP contribution in [0.2, 0.25) is 5.02 Å². The highest BCUT2D eigenvalue weighted by Crippen LogP contribution is 2.19. The van der Waals surface area contributed by atoms with Gasteiger partial charge in [0.2, 0.25) is 5.91 Å². The van der Waals surface area contributed by atoms with Crippen molar-refractivity contribution >= 4 is 29.1 Å². The number of carbonyl (C=O) groups is 2. The summed E-state index contributed by atoms with van der Waals surface area (Å²) in [6.45, 7) is 3.22. The van der Waals surface area contributed by atoms with Gasteiger partial charge < -0.3 is 15.1 Å². The summed E-state index contributed by atoms with van der Waals surface area (Å²) in [6, 6.07) is 8.10. The lowest BCUT2D eigenvalue weighted by Crippen LogP contribution is -2.33. The molecule has 0 saturated carbocycles. The second-order valence-electron chi connectivity index (χ2n) is 4.86. The maximum Gasteiger partial charge on any atom is 0.255 e. The van der Waals surface area contributed by atoms with Crippen molar-refractivity contribution in [2.45, 2.75) is 13.8 Å². The third kappa shape index (κ3) is 4.11. The highest BCUT2D eigenvalue weighted by molar-refractivity contribution is 6.31. The zero-order chi connectivity index (χ0) is 17.0. The van der Waals surface area contributed by atoms with Crippen molar-refractivity contribution in [1.82, 2.24) is 5.32 Å². The third-order valence-corrected chi connectivity index (χ3v) is 3.40. The molecule has 0 aliphatic rings. The van der Waals surface area contributed by atoms with Crippen LogP contribution in [-0.4, -0.2) is 18.4 Å². The Morgan fingerprint density at radius 3 is 2.65 bits per heavy atom. The van der Waals surface area contributed by atoms with Crippen LogP contribution in [0.25, 0.3) is 0 Å². The molecule has 1 aromatic heterocycles. The van der Waals surface area contributed by atoms with E-state index in [2.05, 4.69) is 10.6 Å². The van der Waals surface area contributed by atoms with Crippen LogP contribution in [0.15, 0.2) is 28.7 Å². The number of hydrogen-bond donors (Lipinski definition) is 2. The van der Waals surface area contributed by atoms with Gasteiger partial charge in [0.05, 0.1) is 22.7 Å². The lowest BCUT2D eigenvalue weighted by atomic mass is 10.2. The molecule has 6 nitrogen and oxygen atoms in total. The molecule has 0 aliphatic carbocycles. The van der Waals surface area contributed by atoms with Crippen LogP contribution in [0.5, 0.6) is 0 Å². The van der Waals surface area contributed by atoms with E-state index in [1.165, 1.54) is 12.1 Å². The monoisotopic (exact) mass is 331 g/mol. The molecule has 0 radical (unpaired) electrons. The number of furan rings is 1. The zero-order valence-electron chi connectivity index (χ0n) is 12.6. The molecule has 1 heterocycles. The Balaban J connectivity index is 1.94. The number of benzene rings is 1. The van der Waals surface area contributed by atoms with Gasteiger partial charge in [0.25, 0.3) is 5.91 Å². The van der Waals surface area contributed by atoms with Crippen molar-refractivity contribution < 1.29 is 14.0 Å². The highest BCUT2D eigenvalue weighted by atomic mass is 35.5. The fourth-order valence-electron chi connectivity index (χ4n) is 2.01. The minimum Gasteiger partial charge on any atom is -0.466 e. The molecular formula is C16H14ClN3O3. The number of nitrogens with zero attached hydrogens (tertiary/aromatic N) is 1. The Kier molecular flexibility index (Phi) is 5.04. The van der Waals surface area contributed by atoms with Gasteiger partial charge in [-0.25, -0.2) is 0 Å². The molecule has 2 aromatic rings. The van der Waals surface area contributed by atoms with Gasteiger partial charge in [-0.05, 0) is 38.1 Å². The Morgan fingerprint density at radius 1 is 1.30 bits per heavy atom. The molecule has 118 valence electrons. The standard InChI is InChI=1S/C16H14ClN3O3/c1-9-5-13(10(2)23-9)16(22)19-8-15(21)20-12-3-4-14(17)11(6-12)7-18/h3-6H,8H2,1-2H3,(H,19,22)(H,20,21). The predicted molar refractivity (Wildman–Crippen MR) is 85.3 cm³/mol. The number of rotatable bonds is 4. The van der Waals surface area contributed by atoms with Crippen molar-refractivity contribution in [2.75, 3.05) is 11.9 Å². The minimum absolute atomic E-state index is 0.201. The van der Waals surface area contributed by atoms with Crippen LogP contribution in [0.4, 0.5) is 5.69 Å². The van der Waals surface area contributed by atoms with Gasteiger partial charge in [-0.3, -0.25) is 9.59 Å². The summed E-state index contributed by atoms with van der Waals surface area (Å²) in [7, 11) is 0. The number of halogens is 1. The maximum atomic E-state index is 12.0. The highest BCUT2D eigenvalue weighted by Gasteiger charge is 2.14. The van der Waals surface area contributed by atoms with Crippen LogP contribution < -0.4 is 10.6 Å². The van der Waals surface area contributed by atoms with Gasteiger partial charge in [-0.1, -0.05) is 11.6 Å². The summed E-state index contributed by atoms with van der Waals surface area (Å²) in [6.07, 6.45) is 0. The Hall–Kier alpha value is -2.78. The van der Waals surface area contributed by atoms with Crippen LogP contribution in [0.3, 0.4) is 0 Å². The van der Waals surface area contributed by atoms with Gasteiger partial charge >= 0.3 is 0 Å². The molecule has 0 bridgehead atoms. The van der Waals surface area contributed by atoms with E-state index in [0.717, 1.165) is 0 Å². The fraction of sp³-hybridized carbons (Fsp3) is 0.188. The number of hydrogen-bond acceptors (Lipinski definition) is 4. The van der Waals surface area contributed by atoms with E-state index in [4.69, 9.17) is 21.3 Å². The molecule has 0 aliphatic heterocycles. The Labute approximate surface area is 138 Å². The first-order valence-electron chi connectivity index (χ1n) is 6.75. The van der Waals surface area contributed by atoms with E-state index in [-0.39, 0.29) is 18.0 Å². The van der Waals surface area contributed by atoms with E-state index in [0.29, 0.717) is 27.8 Å². The summed E-state index contributed by atoms with van der Waals surface area (Å²) >= 11 is 5.82. The molecule has 2 amide bonds. The van der Waals surface area contributed by atoms with Crippen LogP contribution >= 0.6 is 11.6 Å². The summed E-state index contributed by atoms with van der Waals surface area (Å²) in [5.74, 6) is 0.324. The van der Waals surface area contributed by atoms with Gasteiger partial charge in [-0.15, -0.1) is 0 Å². The Bertz CT molecular complexity index is 805. The van der Waals surface area contributed by atoms with Crippen LogP contribution in [0, 0.1) is 25.2 Å². The van der Waals surface area contributed by atoms with Gasteiger partial charge in [0, 0.05) is 5.69 Å². The molecule has 0 spiro atoms. The molecule has 0 fully saturated rings. The zero-order valence-corrected chi connectivity index (χ0v) is 13.3. The molecule has 7 heteroatoms.